The molecule has 6 aromatic carbocycles. The molecule has 0 fully saturated rings. The van der Waals surface area contributed by atoms with Gasteiger partial charge in [-0.1, -0.05) is 200 Å². The van der Waals surface area contributed by atoms with Gasteiger partial charge in [0.05, 0.1) is 16.3 Å². The molecule has 0 aliphatic carbocycles. The first kappa shape index (κ1) is 43.7. The van der Waals surface area contributed by atoms with Gasteiger partial charge in [0, 0.05) is 42.4 Å². The minimum absolute atomic E-state index is 0.557. The Morgan fingerprint density at radius 1 is 0.237 bits per heavy atom. The van der Waals surface area contributed by atoms with Crippen LogP contribution >= 0.6 is 33.0 Å². The molecular weight excluding hydrogens is 891 g/mol. The van der Waals surface area contributed by atoms with Crippen molar-refractivity contribution in [3.63, 3.8) is 0 Å². The van der Waals surface area contributed by atoms with Crippen molar-refractivity contribution in [2.75, 3.05) is 0 Å². The second-order valence-corrected chi connectivity index (χ2v) is 19.1. The molecule has 0 amide bonds. The maximum absolute atomic E-state index is 4.56. The van der Waals surface area contributed by atoms with Gasteiger partial charge in [-0.25, -0.2) is 0 Å². The fraction of sp³-hybridized carbons (Fsp3) is 0. The first-order chi connectivity index (χ1) is 29.3. The Morgan fingerprint density at radius 2 is 0.407 bits per heavy atom. The molecule has 9 aromatic rings. The number of halogens is 1. The van der Waals surface area contributed by atoms with Crippen molar-refractivity contribution in [1.29, 1.82) is 0 Å². The average Bonchev–Trinajstić information content (AvgIpc) is 3.34. The predicted molar refractivity (Wildman–Crippen MR) is 255 cm³/mol. The molecule has 0 saturated heterocycles. The molecule has 0 saturated carbocycles. The summed E-state index contributed by atoms with van der Waals surface area (Å²) in [5, 5.41) is 8.01. The molecule has 0 bridgehead atoms. The summed E-state index contributed by atoms with van der Waals surface area (Å²) in [5.41, 5.74) is 3.44. The topological polar surface area (TPSA) is 38.7 Å². The van der Waals surface area contributed by atoms with E-state index in [0.29, 0.717) is 0 Å². The van der Waals surface area contributed by atoms with Gasteiger partial charge >= 0.3 is 29.2 Å². The second kappa shape index (κ2) is 24.9. The summed E-state index contributed by atoms with van der Waals surface area (Å²) in [6, 6.07) is 82.1. The van der Waals surface area contributed by atoms with Gasteiger partial charge in [-0.3, -0.25) is 15.0 Å². The van der Waals surface area contributed by atoms with Crippen LogP contribution in [0.25, 0.3) is 0 Å². The minimum atomic E-state index is -0.557. The van der Waals surface area contributed by atoms with Gasteiger partial charge in [0.25, 0.3) is 0 Å². The van der Waals surface area contributed by atoms with Crippen LogP contribution in [0, 0.1) is 0 Å². The van der Waals surface area contributed by atoms with Crippen LogP contribution in [0.15, 0.2) is 255 Å². The van der Waals surface area contributed by atoms with Gasteiger partial charge in [0.1, 0.15) is 0 Å². The number of nitrogens with zero attached hydrogens (tertiary/aromatic N) is 3. The molecule has 0 N–H and O–H groups in total. The van der Waals surface area contributed by atoms with Crippen molar-refractivity contribution < 1.29 is 20.0 Å². The maximum atomic E-state index is 4.56. The molecule has 59 heavy (non-hydrogen) atoms. The van der Waals surface area contributed by atoms with Crippen molar-refractivity contribution in [2.24, 2.45) is 0 Å². The third-order valence-electron chi connectivity index (χ3n) is 8.72. The number of rotatable bonds is 9. The van der Waals surface area contributed by atoms with E-state index in [0.717, 1.165) is 16.3 Å². The summed E-state index contributed by atoms with van der Waals surface area (Å²) in [6.07, 6.45) is 5.61. The van der Waals surface area contributed by atoms with E-state index in [1.807, 2.05) is 36.8 Å². The number of hydrogen-bond acceptors (Lipinski definition) is 3. The summed E-state index contributed by atoms with van der Waals surface area (Å²) >= 11 is 2.42. The van der Waals surface area contributed by atoms with Gasteiger partial charge in [0.15, 0.2) is 0 Å². The van der Waals surface area contributed by atoms with Crippen LogP contribution < -0.4 is 48.1 Å². The normalized spacial score (nSPS) is 10.3. The molecule has 0 radical (unpaired) electrons. The van der Waals surface area contributed by atoms with Crippen LogP contribution in [-0.2, 0) is 20.0 Å². The Bertz CT molecular complexity index is 1880. The summed E-state index contributed by atoms with van der Waals surface area (Å²) in [4.78, 5) is 13.7. The Morgan fingerprint density at radius 3 is 0.559 bits per heavy atom. The number of aromatic nitrogens is 3. The van der Waals surface area contributed by atoms with Gasteiger partial charge in [-0.15, -0.1) is 0 Å². The average molecular weight is 933 g/mol. The van der Waals surface area contributed by atoms with Crippen LogP contribution in [0.5, 0.6) is 0 Å². The Balaban J connectivity index is 0.000000146. The van der Waals surface area contributed by atoms with E-state index in [9.17, 15) is 0 Å². The van der Waals surface area contributed by atoms with E-state index in [4.69, 9.17) is 0 Å². The molecule has 0 spiro atoms. The summed E-state index contributed by atoms with van der Waals surface area (Å²) in [6.45, 7) is 0. The van der Waals surface area contributed by atoms with Crippen LogP contribution in [0.3, 0.4) is 0 Å². The fourth-order valence-electron chi connectivity index (χ4n) is 6.16. The summed E-state index contributed by atoms with van der Waals surface area (Å²) in [7, 11) is 2.78. The standard InChI is InChI=1S/3C17H14NP.Ag.ClH/c3*1-3-9-15(10-4-1)19(16-11-5-2-6-12-16)17-13-7-8-14-18-17;;/h3*1-14H;;1H/q;;;+1;/p-1. The molecule has 3 heterocycles. The second-order valence-electron chi connectivity index (χ2n) is 12.6. The number of hydrogen-bond donors (Lipinski definition) is 0. The van der Waals surface area contributed by atoms with Crippen LogP contribution in [0.2, 0.25) is 0 Å². The van der Waals surface area contributed by atoms with Gasteiger partial charge < -0.3 is 0 Å². The van der Waals surface area contributed by atoms with Gasteiger partial charge in [0.2, 0.25) is 0 Å². The van der Waals surface area contributed by atoms with Gasteiger partial charge in [-0.05, 0) is 68.2 Å². The number of benzene rings is 6. The summed E-state index contributed by atoms with van der Waals surface area (Å²) < 4.78 is 0. The zero-order valence-corrected chi connectivity index (χ0v) is 37.0. The summed E-state index contributed by atoms with van der Waals surface area (Å²) in [5.74, 6) is 0. The van der Waals surface area contributed by atoms with Crippen LogP contribution in [0.1, 0.15) is 0 Å². The van der Waals surface area contributed by atoms with E-state index in [1.54, 1.807) is 0 Å². The SMILES string of the molecule is [Cl][Ag].c1ccc(P(c2ccccc2)c2ccccn2)cc1.c1ccc(P(c2ccccc2)c2ccccn2)cc1.c1ccc(P(c2ccccc2)c2ccccn2)cc1. The molecule has 294 valence electrons. The predicted octanol–water partition coefficient (Wildman–Crippen LogP) is 9.21. The maximum Gasteiger partial charge on any atom is 0.0720 e. The minimum Gasteiger partial charge on any atom is -0.256 e. The molecule has 0 unspecified atom stereocenters. The molecule has 3 nitrogen and oxygen atoms in total. The fourth-order valence-corrected chi connectivity index (χ4v) is 12.7. The third kappa shape index (κ3) is 13.0. The van der Waals surface area contributed by atoms with E-state index >= 15 is 0 Å². The van der Waals surface area contributed by atoms with E-state index in [2.05, 4.69) is 263 Å². The van der Waals surface area contributed by atoms with Crippen molar-refractivity contribution >= 4 is 81.1 Å². The van der Waals surface area contributed by atoms with Crippen molar-refractivity contribution in [3.05, 3.63) is 255 Å². The first-order valence-electron chi connectivity index (χ1n) is 18.9. The Hall–Kier alpha value is -4.91. The molecule has 8 heteroatoms. The third-order valence-corrected chi connectivity index (χ3v) is 15.8. The zero-order chi connectivity index (χ0) is 40.7. The first-order valence-corrected chi connectivity index (χ1v) is 24.8. The van der Waals surface area contributed by atoms with Crippen molar-refractivity contribution in [3.8, 4) is 0 Å². The quantitative estimate of drug-likeness (QED) is 0.107. The molecule has 0 atom stereocenters. The van der Waals surface area contributed by atoms with Crippen molar-refractivity contribution in [1.82, 2.24) is 15.0 Å². The Labute approximate surface area is 368 Å². The largest absolute Gasteiger partial charge is 0.256 e. The van der Waals surface area contributed by atoms with E-state index < -0.39 is 23.8 Å². The van der Waals surface area contributed by atoms with E-state index in [1.165, 1.54) is 31.8 Å². The van der Waals surface area contributed by atoms with Crippen LogP contribution in [0.4, 0.5) is 0 Å². The van der Waals surface area contributed by atoms with Gasteiger partial charge in [-0.2, -0.15) is 0 Å². The molecule has 0 aliphatic rings. The Kier molecular flexibility index (Phi) is 18.4. The smallest absolute Gasteiger partial charge is 0.0720 e. The monoisotopic (exact) mass is 931 g/mol. The molecule has 9 rings (SSSR count). The molecule has 0 aliphatic heterocycles. The number of pyridine rings is 3. The van der Waals surface area contributed by atoms with E-state index in [-0.39, 0.29) is 0 Å². The zero-order valence-electron chi connectivity index (χ0n) is 32.1. The van der Waals surface area contributed by atoms with Crippen molar-refractivity contribution in [2.45, 2.75) is 0 Å². The van der Waals surface area contributed by atoms with Crippen LogP contribution in [-0.4, -0.2) is 15.0 Å². The molecular formula is C51H42AgClN3P3. The molecule has 3 aromatic heterocycles.